The van der Waals surface area contributed by atoms with Crippen LogP contribution >= 0.6 is 0 Å². The SMILES string of the molecule is O=C1CC(C(F)(F)F)c2c(C3CCN(c4cc(C(=O)N5CCCCC5)c(C(F)(F)F)cn4)CC3)nn(O)c2N1. The number of carbonyl (C=O) groups excluding carboxylic acids is 2. The van der Waals surface area contributed by atoms with Crippen LogP contribution < -0.4 is 10.2 Å². The van der Waals surface area contributed by atoms with Gasteiger partial charge in [-0.1, -0.05) is 4.85 Å². The van der Waals surface area contributed by atoms with Gasteiger partial charge in [0.1, 0.15) is 5.82 Å². The Hall–Kier alpha value is -3.52. The highest BCUT2D eigenvalue weighted by Gasteiger charge is 2.49. The van der Waals surface area contributed by atoms with Crippen LogP contribution in [0.2, 0.25) is 0 Å². The number of hydrogen-bond donors (Lipinski definition) is 2. The van der Waals surface area contributed by atoms with Gasteiger partial charge in [0, 0.05) is 50.3 Å². The van der Waals surface area contributed by atoms with Gasteiger partial charge in [0.05, 0.1) is 22.7 Å². The number of pyridine rings is 1. The number of carbonyl (C=O) groups is 2. The number of fused-ring (bicyclic) bond motifs is 1. The van der Waals surface area contributed by atoms with Crippen molar-refractivity contribution in [1.82, 2.24) is 19.8 Å². The third-order valence-electron chi connectivity index (χ3n) is 7.60. The Bertz CT molecular complexity index is 1260. The molecule has 9 nitrogen and oxygen atoms in total. The molecule has 2 amide bonds. The molecule has 2 aromatic rings. The van der Waals surface area contributed by atoms with Crippen molar-refractivity contribution in [3.05, 3.63) is 34.6 Å². The Balaban J connectivity index is 1.38. The summed E-state index contributed by atoms with van der Waals surface area (Å²) >= 11 is 0. The van der Waals surface area contributed by atoms with Gasteiger partial charge in [0.25, 0.3) is 5.91 Å². The third-order valence-corrected chi connectivity index (χ3v) is 7.60. The number of nitrogens with zero attached hydrogens (tertiary/aromatic N) is 5. The monoisotopic (exact) mass is 560 g/mol. The second-order valence-corrected chi connectivity index (χ2v) is 10.1. The first-order chi connectivity index (χ1) is 18.3. The molecule has 0 bridgehead atoms. The van der Waals surface area contributed by atoms with Crippen molar-refractivity contribution in [2.75, 3.05) is 36.4 Å². The minimum Gasteiger partial charge on any atom is -0.410 e. The summed E-state index contributed by atoms with van der Waals surface area (Å²) in [4.78, 5) is 32.1. The summed E-state index contributed by atoms with van der Waals surface area (Å²) in [6, 6.07) is 1.14. The molecule has 3 aliphatic rings. The van der Waals surface area contributed by atoms with Crippen molar-refractivity contribution < 1.29 is 41.1 Å². The summed E-state index contributed by atoms with van der Waals surface area (Å²) in [6.45, 7) is 1.19. The van der Waals surface area contributed by atoms with Crippen molar-refractivity contribution in [1.29, 1.82) is 0 Å². The van der Waals surface area contributed by atoms with Crippen molar-refractivity contribution in [3.8, 4) is 0 Å². The first kappa shape index (κ1) is 27.1. The molecule has 0 aromatic carbocycles. The predicted octanol–water partition coefficient (Wildman–Crippen LogP) is 4.53. The van der Waals surface area contributed by atoms with E-state index in [2.05, 4.69) is 15.4 Å². The molecular formula is C24H26F6N6O3. The van der Waals surface area contributed by atoms with Gasteiger partial charge in [0.2, 0.25) is 5.91 Å². The normalized spacial score (nSPS) is 21.1. The Labute approximate surface area is 218 Å². The van der Waals surface area contributed by atoms with E-state index >= 15 is 0 Å². The largest absolute Gasteiger partial charge is 0.418 e. The first-order valence-corrected chi connectivity index (χ1v) is 12.6. The maximum Gasteiger partial charge on any atom is 0.418 e. The topological polar surface area (TPSA) is 104 Å². The van der Waals surface area contributed by atoms with Crippen LogP contribution in [0.5, 0.6) is 0 Å². The van der Waals surface area contributed by atoms with E-state index in [1.807, 2.05) is 0 Å². The highest BCUT2D eigenvalue weighted by atomic mass is 19.4. The number of amides is 2. The van der Waals surface area contributed by atoms with E-state index in [1.165, 1.54) is 4.90 Å². The Morgan fingerprint density at radius 2 is 1.69 bits per heavy atom. The van der Waals surface area contributed by atoms with Crippen molar-refractivity contribution in [2.45, 2.75) is 62.7 Å². The van der Waals surface area contributed by atoms with Gasteiger partial charge >= 0.3 is 12.4 Å². The van der Waals surface area contributed by atoms with E-state index in [-0.39, 0.29) is 47.9 Å². The van der Waals surface area contributed by atoms with Gasteiger partial charge in [-0.15, -0.1) is 5.10 Å². The average Bonchev–Trinajstić information content (AvgIpc) is 3.22. The minimum absolute atomic E-state index is 0.0239. The summed E-state index contributed by atoms with van der Waals surface area (Å²) in [5.41, 5.74) is -1.84. The Kier molecular flexibility index (Phi) is 6.87. The second-order valence-electron chi connectivity index (χ2n) is 10.1. The fourth-order valence-corrected chi connectivity index (χ4v) is 5.62. The van der Waals surface area contributed by atoms with Crippen molar-refractivity contribution in [3.63, 3.8) is 0 Å². The van der Waals surface area contributed by atoms with E-state index in [9.17, 15) is 41.1 Å². The van der Waals surface area contributed by atoms with Gasteiger partial charge in [0.15, 0.2) is 5.82 Å². The molecule has 15 heteroatoms. The van der Waals surface area contributed by atoms with E-state index in [4.69, 9.17) is 0 Å². The maximum absolute atomic E-state index is 13.8. The number of anilines is 2. The highest BCUT2D eigenvalue weighted by molar-refractivity contribution is 5.96. The second kappa shape index (κ2) is 9.90. The lowest BCUT2D eigenvalue weighted by molar-refractivity contribution is -0.157. The standard InChI is InChI=1S/C24H26F6N6O3/c25-23(26,27)15-11-18(37)32-21-19(15)20(33-36(21)39)13-4-8-34(9-5-13)17-10-14(16(12-31-17)24(28,29)30)22(38)35-6-2-1-3-7-35/h10,12-13,15,39H,1-9,11H2,(H,32,37). The van der Waals surface area contributed by atoms with Crippen LogP contribution in [0, 0.1) is 0 Å². The molecule has 5 rings (SSSR count). The maximum atomic E-state index is 13.8. The minimum atomic E-state index is -4.77. The molecule has 1 atom stereocenters. The molecule has 3 aliphatic heterocycles. The summed E-state index contributed by atoms with van der Waals surface area (Å²) < 4.78 is 82.4. The zero-order valence-electron chi connectivity index (χ0n) is 20.6. The van der Waals surface area contributed by atoms with Crippen LogP contribution in [0.1, 0.15) is 77.5 Å². The lowest BCUT2D eigenvalue weighted by Crippen LogP contribution is -2.38. The summed E-state index contributed by atoms with van der Waals surface area (Å²) in [6.07, 6.45) is -6.81. The third kappa shape index (κ3) is 5.22. The summed E-state index contributed by atoms with van der Waals surface area (Å²) in [7, 11) is 0. The lowest BCUT2D eigenvalue weighted by Gasteiger charge is -2.34. The summed E-state index contributed by atoms with van der Waals surface area (Å²) in [5.74, 6) is -4.46. The number of piperidine rings is 2. The average molecular weight is 560 g/mol. The molecule has 2 saturated heterocycles. The molecule has 0 saturated carbocycles. The smallest absolute Gasteiger partial charge is 0.410 e. The Morgan fingerprint density at radius 1 is 1.03 bits per heavy atom. The quantitative estimate of drug-likeness (QED) is 0.423. The van der Waals surface area contributed by atoms with Gasteiger partial charge in [-0.3, -0.25) is 9.59 Å². The van der Waals surface area contributed by atoms with Gasteiger partial charge in [-0.25, -0.2) is 4.98 Å². The molecule has 0 aliphatic carbocycles. The molecule has 5 heterocycles. The van der Waals surface area contributed by atoms with Crippen LogP contribution in [-0.2, 0) is 11.0 Å². The number of rotatable bonds is 3. The predicted molar refractivity (Wildman–Crippen MR) is 125 cm³/mol. The zero-order chi connectivity index (χ0) is 28.1. The van der Waals surface area contributed by atoms with Crippen LogP contribution in [0.15, 0.2) is 12.3 Å². The first-order valence-electron chi connectivity index (χ1n) is 12.6. The Morgan fingerprint density at radius 3 is 2.31 bits per heavy atom. The van der Waals surface area contributed by atoms with Crippen molar-refractivity contribution in [2.24, 2.45) is 0 Å². The summed E-state index contributed by atoms with van der Waals surface area (Å²) in [5, 5.41) is 16.2. The van der Waals surface area contributed by atoms with Gasteiger partial charge in [-0.2, -0.15) is 26.3 Å². The van der Waals surface area contributed by atoms with Crippen LogP contribution in [0.3, 0.4) is 0 Å². The fourth-order valence-electron chi connectivity index (χ4n) is 5.62. The van der Waals surface area contributed by atoms with Crippen LogP contribution in [-0.4, -0.2) is 69.2 Å². The van der Waals surface area contributed by atoms with Gasteiger partial charge in [-0.05, 0) is 38.2 Å². The zero-order valence-corrected chi connectivity index (χ0v) is 20.6. The number of alkyl halides is 6. The number of hydrogen-bond acceptors (Lipinski definition) is 6. The van der Waals surface area contributed by atoms with Gasteiger partial charge < -0.3 is 20.3 Å². The van der Waals surface area contributed by atoms with E-state index in [0.29, 0.717) is 32.1 Å². The van der Waals surface area contributed by atoms with E-state index in [1.54, 1.807) is 4.90 Å². The highest BCUT2D eigenvalue weighted by Crippen LogP contribution is 2.47. The molecule has 2 fully saturated rings. The molecule has 1 unspecified atom stereocenters. The molecular weight excluding hydrogens is 534 g/mol. The molecule has 2 N–H and O–H groups in total. The van der Waals surface area contributed by atoms with E-state index in [0.717, 1.165) is 12.5 Å². The number of nitrogens with one attached hydrogen (secondary N) is 1. The molecule has 212 valence electrons. The van der Waals surface area contributed by atoms with Crippen molar-refractivity contribution >= 4 is 23.5 Å². The lowest BCUT2D eigenvalue weighted by atomic mass is 9.84. The number of halogens is 6. The van der Waals surface area contributed by atoms with E-state index < -0.39 is 59.4 Å². The number of likely N-dealkylation sites (tertiary alicyclic amines) is 1. The number of aromatic nitrogens is 3. The molecule has 0 spiro atoms. The van der Waals surface area contributed by atoms with Crippen LogP contribution in [0.4, 0.5) is 38.0 Å². The molecule has 39 heavy (non-hydrogen) atoms. The molecule has 0 radical (unpaired) electrons. The fraction of sp³-hybridized carbons (Fsp3) is 0.583. The van der Waals surface area contributed by atoms with Crippen LogP contribution in [0.25, 0.3) is 0 Å². The molecule has 2 aromatic heterocycles.